The van der Waals surface area contributed by atoms with Crippen molar-refractivity contribution in [3.8, 4) is 0 Å². The average Bonchev–Trinajstić information content (AvgIpc) is 3.29. The number of carbonyl (C=O) groups excluding carboxylic acids is 2. The zero-order chi connectivity index (χ0) is 21.7. The maximum Gasteiger partial charge on any atom is 0.340 e. The predicted molar refractivity (Wildman–Crippen MR) is 113 cm³/mol. The molecule has 0 unspecified atom stereocenters. The van der Waals surface area contributed by atoms with Crippen LogP contribution in [0.25, 0.3) is 12.2 Å². The van der Waals surface area contributed by atoms with Crippen molar-refractivity contribution in [3.05, 3.63) is 64.0 Å². The van der Waals surface area contributed by atoms with Gasteiger partial charge < -0.3 is 9.72 Å². The van der Waals surface area contributed by atoms with Crippen molar-refractivity contribution in [2.45, 2.75) is 25.9 Å². The van der Waals surface area contributed by atoms with E-state index in [0.29, 0.717) is 27.9 Å². The van der Waals surface area contributed by atoms with Gasteiger partial charge in [-0.3, -0.25) is 9.89 Å². The number of hydrogen-bond donors (Lipinski definition) is 2. The maximum atomic E-state index is 12.9. The van der Waals surface area contributed by atoms with Gasteiger partial charge in [-0.2, -0.15) is 0 Å². The first-order valence-corrected chi connectivity index (χ1v) is 10.3. The molecule has 0 aliphatic carbocycles. The quantitative estimate of drug-likeness (QED) is 0.317. The first-order valence-electron chi connectivity index (χ1n) is 9.27. The van der Waals surface area contributed by atoms with Gasteiger partial charge in [0.1, 0.15) is 11.6 Å². The second-order valence-corrected chi connectivity index (χ2v) is 7.39. The second kappa shape index (κ2) is 9.53. The first-order chi connectivity index (χ1) is 14.4. The molecule has 1 aromatic carbocycles. The van der Waals surface area contributed by atoms with Crippen molar-refractivity contribution in [3.63, 3.8) is 0 Å². The molecule has 0 aliphatic heterocycles. The normalized spacial score (nSPS) is 11.2. The van der Waals surface area contributed by atoms with E-state index in [1.54, 1.807) is 45.1 Å². The van der Waals surface area contributed by atoms with Gasteiger partial charge in [0.25, 0.3) is 0 Å². The summed E-state index contributed by atoms with van der Waals surface area (Å²) in [4.78, 5) is 32.3. The van der Waals surface area contributed by atoms with Gasteiger partial charge in [-0.15, -0.1) is 5.10 Å². The topological polar surface area (TPSA) is 101 Å². The number of rotatable bonds is 8. The summed E-state index contributed by atoms with van der Waals surface area (Å²) >= 11 is 1.17. The molecular weight excluding hydrogens is 407 g/mol. The van der Waals surface area contributed by atoms with Crippen LogP contribution in [0.15, 0.2) is 29.4 Å². The van der Waals surface area contributed by atoms with Crippen molar-refractivity contribution >= 4 is 35.7 Å². The summed E-state index contributed by atoms with van der Waals surface area (Å²) in [6.45, 7) is 5.43. The van der Waals surface area contributed by atoms with Crippen molar-refractivity contribution in [2.75, 3.05) is 12.4 Å². The lowest BCUT2D eigenvalue weighted by atomic mass is 10.1. The van der Waals surface area contributed by atoms with Crippen molar-refractivity contribution in [2.24, 2.45) is 0 Å². The molecule has 0 fully saturated rings. The van der Waals surface area contributed by atoms with Gasteiger partial charge in [0.05, 0.1) is 23.5 Å². The zero-order valence-corrected chi connectivity index (χ0v) is 17.6. The highest BCUT2D eigenvalue weighted by atomic mass is 32.2. The average molecular weight is 428 g/mol. The van der Waals surface area contributed by atoms with E-state index in [1.165, 1.54) is 23.9 Å². The third-order valence-electron chi connectivity index (χ3n) is 4.25. The van der Waals surface area contributed by atoms with Crippen molar-refractivity contribution in [1.29, 1.82) is 0 Å². The summed E-state index contributed by atoms with van der Waals surface area (Å²) in [5.41, 5.74) is 2.66. The summed E-state index contributed by atoms with van der Waals surface area (Å²) in [6.07, 6.45) is 3.49. The Kier molecular flexibility index (Phi) is 6.83. The van der Waals surface area contributed by atoms with Gasteiger partial charge >= 0.3 is 5.97 Å². The van der Waals surface area contributed by atoms with Crippen molar-refractivity contribution in [1.82, 2.24) is 20.2 Å². The van der Waals surface area contributed by atoms with E-state index in [0.717, 1.165) is 5.56 Å². The van der Waals surface area contributed by atoms with Gasteiger partial charge in [-0.05, 0) is 44.5 Å². The number of H-pyrrole nitrogens is 2. The van der Waals surface area contributed by atoms with E-state index in [2.05, 4.69) is 20.2 Å². The molecule has 0 spiro atoms. The number of ketones is 1. The van der Waals surface area contributed by atoms with Gasteiger partial charge in [-0.25, -0.2) is 14.2 Å². The lowest BCUT2D eigenvalue weighted by Crippen LogP contribution is -2.13. The van der Waals surface area contributed by atoms with E-state index in [-0.39, 0.29) is 29.5 Å². The number of aromatic nitrogens is 4. The molecule has 0 aliphatic rings. The number of nitrogens with zero attached hydrogens (tertiary/aromatic N) is 2. The van der Waals surface area contributed by atoms with Gasteiger partial charge in [-0.1, -0.05) is 30.0 Å². The van der Waals surface area contributed by atoms with Crippen LogP contribution in [-0.4, -0.2) is 44.3 Å². The van der Waals surface area contributed by atoms with Gasteiger partial charge in [0.15, 0.2) is 5.78 Å². The molecule has 2 aromatic heterocycles. The Hall–Kier alpha value is -3.20. The van der Waals surface area contributed by atoms with Gasteiger partial charge in [0, 0.05) is 11.4 Å². The minimum atomic E-state index is -0.515. The monoisotopic (exact) mass is 428 g/mol. The number of halogens is 1. The fourth-order valence-corrected chi connectivity index (χ4v) is 3.61. The molecule has 9 heteroatoms. The highest BCUT2D eigenvalue weighted by Gasteiger charge is 2.25. The molecule has 30 heavy (non-hydrogen) atoms. The third kappa shape index (κ3) is 5.04. The van der Waals surface area contributed by atoms with E-state index in [4.69, 9.17) is 4.74 Å². The second-order valence-electron chi connectivity index (χ2n) is 6.45. The molecule has 3 aromatic rings. The van der Waals surface area contributed by atoms with Crippen LogP contribution in [0.2, 0.25) is 0 Å². The molecule has 7 nitrogen and oxygen atoms in total. The number of hydrogen-bond acceptors (Lipinski definition) is 6. The van der Waals surface area contributed by atoms with Crippen LogP contribution in [0.5, 0.6) is 0 Å². The van der Waals surface area contributed by atoms with E-state index >= 15 is 0 Å². The molecule has 2 N–H and O–H groups in total. The lowest BCUT2D eigenvalue weighted by molar-refractivity contribution is 0.0522. The maximum absolute atomic E-state index is 12.9. The molecule has 0 bridgehead atoms. The van der Waals surface area contributed by atoms with Gasteiger partial charge in [0.2, 0.25) is 5.16 Å². The highest BCUT2D eigenvalue weighted by Crippen LogP contribution is 2.23. The Bertz CT molecular complexity index is 1090. The molecule has 2 heterocycles. The Morgan fingerprint density at radius 1 is 1.13 bits per heavy atom. The molecule has 3 rings (SSSR count). The van der Waals surface area contributed by atoms with Crippen LogP contribution in [0.1, 0.15) is 50.4 Å². The number of aryl methyl sites for hydroxylation is 2. The Balaban J connectivity index is 1.66. The Morgan fingerprint density at radius 3 is 2.53 bits per heavy atom. The number of aromatic amines is 2. The van der Waals surface area contributed by atoms with E-state index < -0.39 is 5.97 Å². The van der Waals surface area contributed by atoms with Crippen LogP contribution < -0.4 is 0 Å². The fraction of sp³-hybridized carbons (Fsp3) is 0.238. The summed E-state index contributed by atoms with van der Waals surface area (Å²) in [5, 5.41) is 7.27. The molecule has 0 saturated carbocycles. The summed E-state index contributed by atoms with van der Waals surface area (Å²) in [6, 6.07) is 6.06. The number of carbonyl (C=O) groups is 2. The Morgan fingerprint density at radius 2 is 1.83 bits per heavy atom. The standard InChI is InChI=1S/C21H21FN4O3S/c1-4-29-20(28)19-13(3)23-12(2)18(19)16(27)11-30-21-24-17(25-26-21)10-7-14-5-8-15(22)9-6-14/h5-10,23H,4,11H2,1-3H3,(H,24,25,26)/b10-7+. The van der Waals surface area contributed by atoms with E-state index in [1.807, 2.05) is 0 Å². The molecule has 0 amide bonds. The van der Waals surface area contributed by atoms with Crippen LogP contribution in [0, 0.1) is 19.7 Å². The summed E-state index contributed by atoms with van der Waals surface area (Å²) in [7, 11) is 0. The third-order valence-corrected chi connectivity index (χ3v) is 5.10. The summed E-state index contributed by atoms with van der Waals surface area (Å²) in [5.74, 6) is -0.440. The molecule has 156 valence electrons. The Labute approximate surface area is 177 Å². The minimum Gasteiger partial charge on any atom is -0.462 e. The zero-order valence-electron chi connectivity index (χ0n) is 16.8. The number of benzene rings is 1. The SMILES string of the molecule is CCOC(=O)c1c(C)[nH]c(C)c1C(=O)CSc1n[nH]c(/C=C/c2ccc(F)cc2)n1. The van der Waals surface area contributed by atoms with Crippen LogP contribution in [0.3, 0.4) is 0 Å². The van der Waals surface area contributed by atoms with Crippen molar-refractivity contribution < 1.29 is 18.7 Å². The molecule has 0 radical (unpaired) electrons. The predicted octanol–water partition coefficient (Wildman–Crippen LogP) is 4.21. The minimum absolute atomic E-state index is 0.0729. The number of Topliss-reactive ketones (excluding diaryl/α,β-unsaturated/α-hetero) is 1. The van der Waals surface area contributed by atoms with Crippen LogP contribution >= 0.6 is 11.8 Å². The van der Waals surface area contributed by atoms with E-state index in [9.17, 15) is 14.0 Å². The lowest BCUT2D eigenvalue weighted by Gasteiger charge is -2.05. The molecule has 0 saturated heterocycles. The number of ether oxygens (including phenoxy) is 1. The fourth-order valence-electron chi connectivity index (χ4n) is 2.94. The number of nitrogens with one attached hydrogen (secondary N) is 2. The van der Waals surface area contributed by atoms with Crippen LogP contribution in [0.4, 0.5) is 4.39 Å². The first kappa shape index (κ1) is 21.5. The highest BCUT2D eigenvalue weighted by molar-refractivity contribution is 7.99. The smallest absolute Gasteiger partial charge is 0.340 e. The molecule has 0 atom stereocenters. The number of esters is 1. The summed E-state index contributed by atoms with van der Waals surface area (Å²) < 4.78 is 18.0. The molecular formula is C21H21FN4O3S. The van der Waals surface area contributed by atoms with Crippen LogP contribution in [-0.2, 0) is 4.74 Å². The largest absolute Gasteiger partial charge is 0.462 e. The number of thioether (sulfide) groups is 1.